The van der Waals surface area contributed by atoms with Crippen molar-refractivity contribution in [2.75, 3.05) is 24.9 Å². The predicted molar refractivity (Wildman–Crippen MR) is 73.9 cm³/mol. The van der Waals surface area contributed by atoms with E-state index in [1.54, 1.807) is 0 Å². The number of carbonyl (C=O) groups is 2. The fourth-order valence-corrected chi connectivity index (χ4v) is 3.31. The maximum absolute atomic E-state index is 11.7. The maximum atomic E-state index is 11.7. The van der Waals surface area contributed by atoms with Gasteiger partial charge in [-0.05, 0) is 12.8 Å². The van der Waals surface area contributed by atoms with Gasteiger partial charge in [0.2, 0.25) is 10.0 Å². The topological polar surface area (TPSA) is 144 Å². The molecule has 21 heavy (non-hydrogen) atoms. The maximum Gasteiger partial charge on any atom is 0.321 e. The van der Waals surface area contributed by atoms with E-state index in [0.717, 1.165) is 6.26 Å². The first kappa shape index (κ1) is 19.8. The summed E-state index contributed by atoms with van der Waals surface area (Å²) in [7, 11) is -6.16. The Morgan fingerprint density at radius 2 is 1.76 bits per heavy atom. The van der Waals surface area contributed by atoms with Gasteiger partial charge < -0.3 is 9.84 Å². The van der Waals surface area contributed by atoms with Crippen molar-refractivity contribution < 1.29 is 36.3 Å². The molecule has 0 spiro atoms. The number of carbonyl (C=O) groups excluding carboxylic acids is 1. The van der Waals surface area contributed by atoms with Crippen LogP contribution in [-0.4, -0.2) is 64.8 Å². The van der Waals surface area contributed by atoms with Gasteiger partial charge in [0.15, 0.2) is 0 Å². The number of hydrogen-bond donors (Lipinski definition) is 2. The zero-order valence-electron chi connectivity index (χ0n) is 11.7. The highest BCUT2D eigenvalue weighted by atomic mass is 32.2. The molecule has 0 aromatic carbocycles. The molecule has 1 unspecified atom stereocenters. The van der Waals surface area contributed by atoms with Crippen LogP contribution in [0.15, 0.2) is 0 Å². The van der Waals surface area contributed by atoms with E-state index in [9.17, 15) is 26.4 Å². The Hall–Kier alpha value is -1.20. The van der Waals surface area contributed by atoms with Crippen LogP contribution in [0.3, 0.4) is 0 Å². The summed E-state index contributed by atoms with van der Waals surface area (Å²) in [6.07, 6.45) is 0.417. The molecule has 0 radical (unpaired) electrons. The zero-order valence-corrected chi connectivity index (χ0v) is 13.4. The fraction of sp³-hybridized carbons (Fsp3) is 0.800. The minimum absolute atomic E-state index is 0.0274. The molecule has 0 bridgehead atoms. The number of esters is 1. The largest absolute Gasteiger partial charge is 0.480 e. The Labute approximate surface area is 123 Å². The molecule has 0 amide bonds. The van der Waals surface area contributed by atoms with Crippen molar-refractivity contribution in [1.82, 2.24) is 4.72 Å². The Kier molecular flexibility index (Phi) is 7.82. The van der Waals surface area contributed by atoms with E-state index in [1.165, 1.54) is 7.11 Å². The second kappa shape index (κ2) is 8.29. The molecule has 0 heterocycles. The molecule has 0 aliphatic rings. The summed E-state index contributed by atoms with van der Waals surface area (Å²) in [5, 5.41) is 8.89. The van der Waals surface area contributed by atoms with Gasteiger partial charge in [-0.25, -0.2) is 21.6 Å². The second-order valence-electron chi connectivity index (χ2n) is 4.43. The number of rotatable bonds is 10. The lowest BCUT2D eigenvalue weighted by atomic mass is 10.2. The van der Waals surface area contributed by atoms with E-state index in [2.05, 4.69) is 4.74 Å². The number of methoxy groups -OCH3 is 1. The third kappa shape index (κ3) is 10.2. The SMILES string of the molecule is COC(=O)CCCS(=O)(=O)NC(CCS(C)(=O)=O)C(=O)O. The van der Waals surface area contributed by atoms with E-state index in [1.807, 2.05) is 4.72 Å². The van der Waals surface area contributed by atoms with E-state index < -0.39 is 49.3 Å². The van der Waals surface area contributed by atoms with E-state index >= 15 is 0 Å². The van der Waals surface area contributed by atoms with Crippen molar-refractivity contribution in [3.63, 3.8) is 0 Å². The third-order valence-corrected chi connectivity index (χ3v) is 4.87. The monoisotopic (exact) mass is 345 g/mol. The van der Waals surface area contributed by atoms with Gasteiger partial charge in [-0.2, -0.15) is 0 Å². The van der Waals surface area contributed by atoms with Gasteiger partial charge in [0.05, 0.1) is 18.6 Å². The number of carboxylic acids is 1. The number of nitrogens with one attached hydrogen (secondary N) is 1. The Morgan fingerprint density at radius 3 is 2.19 bits per heavy atom. The summed E-state index contributed by atoms with van der Waals surface area (Å²) in [6.45, 7) is 0. The van der Waals surface area contributed by atoms with Crippen molar-refractivity contribution in [1.29, 1.82) is 0 Å². The van der Waals surface area contributed by atoms with Crippen LogP contribution in [0.1, 0.15) is 19.3 Å². The van der Waals surface area contributed by atoms with Gasteiger partial charge >= 0.3 is 11.9 Å². The van der Waals surface area contributed by atoms with E-state index in [4.69, 9.17) is 5.11 Å². The Bertz CT molecular complexity index is 566. The predicted octanol–water partition coefficient (Wildman–Crippen LogP) is -1.25. The minimum atomic E-state index is -3.93. The van der Waals surface area contributed by atoms with Crippen LogP contribution in [0.2, 0.25) is 0 Å². The van der Waals surface area contributed by atoms with Gasteiger partial charge in [-0.1, -0.05) is 0 Å². The molecule has 0 aliphatic heterocycles. The number of aliphatic carboxylic acids is 1. The van der Waals surface area contributed by atoms with Crippen LogP contribution < -0.4 is 4.72 Å². The average molecular weight is 345 g/mol. The number of hydrogen-bond acceptors (Lipinski definition) is 7. The number of ether oxygens (including phenoxy) is 1. The van der Waals surface area contributed by atoms with Crippen molar-refractivity contribution in [3.05, 3.63) is 0 Å². The standard InChI is InChI=1S/C10H19NO8S2/c1-19-9(12)4-3-6-21(17,18)11-8(10(13)14)5-7-20(2,15)16/h8,11H,3-7H2,1-2H3,(H,13,14). The Morgan fingerprint density at radius 1 is 1.19 bits per heavy atom. The van der Waals surface area contributed by atoms with Crippen LogP contribution in [0, 0.1) is 0 Å². The highest BCUT2D eigenvalue weighted by molar-refractivity contribution is 7.90. The highest BCUT2D eigenvalue weighted by Crippen LogP contribution is 2.02. The summed E-state index contributed by atoms with van der Waals surface area (Å²) in [5.74, 6) is -2.94. The molecule has 124 valence electrons. The summed E-state index contributed by atoms with van der Waals surface area (Å²) in [5.41, 5.74) is 0. The van der Waals surface area contributed by atoms with Crippen molar-refractivity contribution >= 4 is 31.8 Å². The van der Waals surface area contributed by atoms with Crippen molar-refractivity contribution in [2.45, 2.75) is 25.3 Å². The smallest absolute Gasteiger partial charge is 0.321 e. The number of sulfonamides is 1. The van der Waals surface area contributed by atoms with Crippen LogP contribution in [-0.2, 0) is 34.2 Å². The molecule has 0 aromatic heterocycles. The number of carboxylic acid groups (broad SMARTS) is 1. The van der Waals surface area contributed by atoms with Crippen LogP contribution in [0.4, 0.5) is 0 Å². The van der Waals surface area contributed by atoms with Gasteiger partial charge in [-0.3, -0.25) is 9.59 Å². The quantitative estimate of drug-likeness (QED) is 0.467. The first-order chi connectivity index (χ1) is 9.47. The fourth-order valence-electron chi connectivity index (χ4n) is 1.35. The van der Waals surface area contributed by atoms with Crippen molar-refractivity contribution in [2.24, 2.45) is 0 Å². The van der Waals surface area contributed by atoms with Gasteiger partial charge in [0, 0.05) is 12.7 Å². The van der Waals surface area contributed by atoms with Gasteiger partial charge in [-0.15, -0.1) is 0 Å². The molecule has 0 saturated carbocycles. The minimum Gasteiger partial charge on any atom is -0.480 e. The second-order valence-corrected chi connectivity index (χ2v) is 8.56. The Balaban J connectivity index is 4.55. The first-order valence-electron chi connectivity index (χ1n) is 5.94. The molecular weight excluding hydrogens is 326 g/mol. The summed E-state index contributed by atoms with van der Waals surface area (Å²) >= 11 is 0. The lowest BCUT2D eigenvalue weighted by Crippen LogP contribution is -2.42. The molecule has 0 saturated heterocycles. The van der Waals surface area contributed by atoms with E-state index in [0.29, 0.717) is 0 Å². The summed E-state index contributed by atoms with van der Waals surface area (Å²) < 4.78 is 51.6. The molecule has 0 aliphatic carbocycles. The first-order valence-corrected chi connectivity index (χ1v) is 9.65. The molecule has 0 aromatic rings. The molecule has 11 heteroatoms. The molecule has 1 atom stereocenters. The zero-order chi connectivity index (χ0) is 16.7. The molecule has 0 fully saturated rings. The molecule has 2 N–H and O–H groups in total. The van der Waals surface area contributed by atoms with Crippen LogP contribution in [0.5, 0.6) is 0 Å². The molecule has 0 rings (SSSR count). The normalized spacial score (nSPS) is 13.6. The highest BCUT2D eigenvalue weighted by Gasteiger charge is 2.25. The van der Waals surface area contributed by atoms with Gasteiger partial charge in [0.25, 0.3) is 0 Å². The molecule has 9 nitrogen and oxygen atoms in total. The van der Waals surface area contributed by atoms with Gasteiger partial charge in [0.1, 0.15) is 15.9 Å². The van der Waals surface area contributed by atoms with Crippen LogP contribution >= 0.6 is 0 Å². The number of sulfone groups is 1. The van der Waals surface area contributed by atoms with E-state index in [-0.39, 0.29) is 19.3 Å². The van der Waals surface area contributed by atoms with Crippen LogP contribution in [0.25, 0.3) is 0 Å². The molecular formula is C10H19NO8S2. The summed E-state index contributed by atoms with van der Waals surface area (Å²) in [4.78, 5) is 21.8. The summed E-state index contributed by atoms with van der Waals surface area (Å²) in [6, 6.07) is -1.53. The average Bonchev–Trinajstić information content (AvgIpc) is 2.32. The third-order valence-electron chi connectivity index (χ3n) is 2.42. The van der Waals surface area contributed by atoms with Crippen molar-refractivity contribution in [3.8, 4) is 0 Å². The lowest BCUT2D eigenvalue weighted by molar-refractivity contribution is -0.141. The lowest BCUT2D eigenvalue weighted by Gasteiger charge is -2.14.